The molecule has 0 atom stereocenters. The Balaban J connectivity index is 1.32. The second kappa shape index (κ2) is 10.5. The molecule has 3 heterocycles. The number of carbonyl (C=O) groups is 1. The molecule has 1 aliphatic rings. The van der Waals surface area contributed by atoms with E-state index in [1.165, 1.54) is 5.56 Å². The van der Waals surface area contributed by atoms with Gasteiger partial charge < -0.3 is 16.2 Å². The topological polar surface area (TPSA) is 122 Å². The van der Waals surface area contributed by atoms with Gasteiger partial charge >= 0.3 is 0 Å². The predicted molar refractivity (Wildman–Crippen MR) is 151 cm³/mol. The number of hydrogen-bond donors (Lipinski definition) is 3. The molecule has 0 aliphatic carbocycles. The van der Waals surface area contributed by atoms with Crippen LogP contribution in [0.4, 0.5) is 11.5 Å². The summed E-state index contributed by atoms with van der Waals surface area (Å²) in [6.07, 6.45) is 3.70. The maximum atomic E-state index is 11.5. The molecule has 196 valence electrons. The van der Waals surface area contributed by atoms with Gasteiger partial charge in [0.1, 0.15) is 11.6 Å². The average molecular weight is 520 g/mol. The number of amides is 1. The molecule has 0 saturated carbocycles. The highest BCUT2D eigenvalue weighted by Crippen LogP contribution is 2.33. The molecule has 1 saturated heterocycles. The summed E-state index contributed by atoms with van der Waals surface area (Å²) >= 11 is 0. The van der Waals surface area contributed by atoms with E-state index >= 15 is 0 Å². The molecular weight excluding hydrogens is 490 g/mol. The molecule has 39 heavy (non-hydrogen) atoms. The van der Waals surface area contributed by atoms with Crippen molar-refractivity contribution >= 4 is 28.4 Å². The van der Waals surface area contributed by atoms with E-state index < -0.39 is 5.91 Å². The van der Waals surface area contributed by atoms with E-state index in [4.69, 9.17) is 20.8 Å². The fourth-order valence-electron chi connectivity index (χ4n) is 5.09. The highest BCUT2D eigenvalue weighted by molar-refractivity contribution is 5.94. The maximum Gasteiger partial charge on any atom is 0.248 e. The smallest absolute Gasteiger partial charge is 0.248 e. The fourth-order valence-corrected chi connectivity index (χ4v) is 5.09. The van der Waals surface area contributed by atoms with Gasteiger partial charge in [-0.15, -0.1) is 0 Å². The number of rotatable bonds is 7. The summed E-state index contributed by atoms with van der Waals surface area (Å²) in [7, 11) is 0. The Bertz CT molecular complexity index is 1610. The number of likely N-dealkylation sites (tertiary alicyclic amines) is 1. The van der Waals surface area contributed by atoms with Crippen LogP contribution in [0, 0.1) is 0 Å². The number of phenolic OH excluding ortho intramolecular Hbond substituents is 1. The summed E-state index contributed by atoms with van der Waals surface area (Å²) in [5.74, 6) is 0.593. The highest BCUT2D eigenvalue weighted by Gasteiger charge is 2.25. The molecule has 4 N–H and O–H groups in total. The lowest BCUT2D eigenvalue weighted by Gasteiger charge is -2.32. The van der Waals surface area contributed by atoms with E-state index in [2.05, 4.69) is 34.5 Å². The third-order valence-electron chi connectivity index (χ3n) is 7.18. The Morgan fingerprint density at radius 2 is 1.67 bits per heavy atom. The van der Waals surface area contributed by atoms with Crippen LogP contribution in [0.25, 0.3) is 22.4 Å². The minimum Gasteiger partial charge on any atom is -0.507 e. The van der Waals surface area contributed by atoms with Crippen LogP contribution in [0.1, 0.15) is 34.8 Å². The molecule has 5 aromatic rings. The second-order valence-electron chi connectivity index (χ2n) is 9.80. The molecule has 6 rings (SSSR count). The van der Waals surface area contributed by atoms with Gasteiger partial charge in [0.2, 0.25) is 5.91 Å². The first-order valence-corrected chi connectivity index (χ1v) is 13.0. The van der Waals surface area contributed by atoms with Crippen LogP contribution in [-0.4, -0.2) is 48.8 Å². The predicted octanol–water partition coefficient (Wildman–Crippen LogP) is 4.88. The molecule has 0 bridgehead atoms. The van der Waals surface area contributed by atoms with Crippen LogP contribution in [0.5, 0.6) is 5.75 Å². The lowest BCUT2D eigenvalue weighted by Crippen LogP contribution is -2.34. The van der Waals surface area contributed by atoms with Crippen LogP contribution < -0.4 is 11.1 Å². The van der Waals surface area contributed by atoms with E-state index in [1.807, 2.05) is 16.8 Å². The van der Waals surface area contributed by atoms with Gasteiger partial charge in [0, 0.05) is 30.9 Å². The van der Waals surface area contributed by atoms with Crippen LogP contribution in [0.15, 0.2) is 85.1 Å². The number of benzene rings is 3. The van der Waals surface area contributed by atoms with Gasteiger partial charge in [-0.1, -0.05) is 42.5 Å². The maximum absolute atomic E-state index is 11.5. The summed E-state index contributed by atoms with van der Waals surface area (Å²) < 4.78 is 2.00. The number of nitrogens with two attached hydrogens (primary N) is 1. The number of phenols is 1. The Morgan fingerprint density at radius 3 is 2.38 bits per heavy atom. The third-order valence-corrected chi connectivity index (χ3v) is 7.18. The number of hydrogen-bond acceptors (Lipinski definition) is 7. The number of piperidine rings is 1. The van der Waals surface area contributed by atoms with Crippen molar-refractivity contribution in [2.45, 2.75) is 25.4 Å². The number of para-hydroxylation sites is 1. The molecule has 1 aliphatic heterocycles. The quantitative estimate of drug-likeness (QED) is 0.280. The molecule has 3 aromatic carbocycles. The van der Waals surface area contributed by atoms with E-state index in [0.717, 1.165) is 43.5 Å². The van der Waals surface area contributed by atoms with E-state index in [1.54, 1.807) is 48.7 Å². The average Bonchev–Trinajstić information content (AvgIpc) is 3.39. The summed E-state index contributed by atoms with van der Waals surface area (Å²) in [5.41, 5.74) is 9.13. The van der Waals surface area contributed by atoms with Gasteiger partial charge in [0.05, 0.1) is 23.2 Å². The zero-order chi connectivity index (χ0) is 26.8. The van der Waals surface area contributed by atoms with Crippen LogP contribution in [0.3, 0.4) is 0 Å². The van der Waals surface area contributed by atoms with E-state index in [-0.39, 0.29) is 11.8 Å². The number of nitrogens with one attached hydrogen (secondary N) is 1. The number of aromatic hydroxyl groups is 1. The molecule has 9 nitrogen and oxygen atoms in total. The normalized spacial score (nSPS) is 14.5. The molecule has 1 amide bonds. The van der Waals surface area contributed by atoms with Crippen LogP contribution >= 0.6 is 0 Å². The number of anilines is 2. The first-order valence-electron chi connectivity index (χ1n) is 13.0. The number of primary amides is 1. The standard InChI is InChI=1S/C30H29N7O2/c31-27(39)21-10-12-22(13-11-21)33-29-25-18-32-37(30(25)35-28(34-29)24-8-4-5-9-26(24)38)23-14-16-36(17-15-23)19-20-6-2-1-3-7-20/h1-13,18,23,38H,14-17,19H2,(H2,31,39)(H,33,34,35). The van der Waals surface area contributed by atoms with Crippen molar-refractivity contribution in [1.82, 2.24) is 24.6 Å². The summed E-state index contributed by atoms with van der Waals surface area (Å²) in [4.78, 5) is 23.6. The molecule has 2 aromatic heterocycles. The van der Waals surface area contributed by atoms with Crippen molar-refractivity contribution in [3.63, 3.8) is 0 Å². The van der Waals surface area contributed by atoms with Crippen LogP contribution in [-0.2, 0) is 6.54 Å². The lowest BCUT2D eigenvalue weighted by molar-refractivity contribution is 0.100. The zero-order valence-electron chi connectivity index (χ0n) is 21.4. The van der Waals surface area contributed by atoms with Gasteiger partial charge in [-0.25, -0.2) is 14.6 Å². The first kappa shape index (κ1) is 24.6. The number of aromatic nitrogens is 4. The Labute approximate surface area is 225 Å². The lowest BCUT2D eigenvalue weighted by atomic mass is 10.0. The second-order valence-corrected chi connectivity index (χ2v) is 9.80. The molecule has 1 fully saturated rings. The molecule has 0 unspecified atom stereocenters. The van der Waals surface area contributed by atoms with Crippen LogP contribution in [0.2, 0.25) is 0 Å². The van der Waals surface area contributed by atoms with Crippen molar-refractivity contribution in [2.75, 3.05) is 18.4 Å². The number of carbonyl (C=O) groups excluding carboxylic acids is 1. The summed E-state index contributed by atoms with van der Waals surface area (Å²) in [6, 6.07) is 24.7. The van der Waals surface area contributed by atoms with Gasteiger partial charge in [0.25, 0.3) is 0 Å². The minimum absolute atomic E-state index is 0.105. The third kappa shape index (κ3) is 5.17. The van der Waals surface area contributed by atoms with E-state index in [0.29, 0.717) is 28.4 Å². The Morgan fingerprint density at radius 1 is 0.949 bits per heavy atom. The Hall–Kier alpha value is -4.76. The van der Waals surface area contributed by atoms with Crippen molar-refractivity contribution in [1.29, 1.82) is 0 Å². The Kier molecular flexibility index (Phi) is 6.64. The monoisotopic (exact) mass is 519 g/mol. The zero-order valence-corrected chi connectivity index (χ0v) is 21.4. The largest absolute Gasteiger partial charge is 0.507 e. The molecule has 9 heteroatoms. The van der Waals surface area contributed by atoms with Crippen molar-refractivity contribution in [3.8, 4) is 17.1 Å². The van der Waals surface area contributed by atoms with Gasteiger partial charge in [-0.2, -0.15) is 5.10 Å². The van der Waals surface area contributed by atoms with E-state index in [9.17, 15) is 9.90 Å². The highest BCUT2D eigenvalue weighted by atomic mass is 16.3. The number of fused-ring (bicyclic) bond motifs is 1. The molecule has 0 radical (unpaired) electrons. The van der Waals surface area contributed by atoms with Gasteiger partial charge in [-0.05, 0) is 54.8 Å². The minimum atomic E-state index is -0.482. The van der Waals surface area contributed by atoms with Gasteiger partial charge in [0.15, 0.2) is 11.5 Å². The molecular formula is C30H29N7O2. The van der Waals surface area contributed by atoms with Crippen molar-refractivity contribution in [2.24, 2.45) is 5.73 Å². The van der Waals surface area contributed by atoms with Crippen molar-refractivity contribution < 1.29 is 9.90 Å². The first-order chi connectivity index (χ1) is 19.0. The van der Waals surface area contributed by atoms with Crippen molar-refractivity contribution in [3.05, 3.63) is 96.2 Å². The number of nitrogens with zero attached hydrogens (tertiary/aromatic N) is 5. The van der Waals surface area contributed by atoms with Gasteiger partial charge in [-0.3, -0.25) is 9.69 Å². The summed E-state index contributed by atoms with van der Waals surface area (Å²) in [5, 5.41) is 19.4. The summed E-state index contributed by atoms with van der Waals surface area (Å²) in [6.45, 7) is 2.88. The molecule has 0 spiro atoms. The SMILES string of the molecule is NC(=O)c1ccc(Nc2nc(-c3ccccc3O)nc3c2cnn3C2CCN(Cc3ccccc3)CC2)cc1. The fraction of sp³-hybridized carbons (Fsp3) is 0.200.